The fourth-order valence-electron chi connectivity index (χ4n) is 4.02. The van der Waals surface area contributed by atoms with Gasteiger partial charge in [0.05, 0.1) is 13.2 Å². The molecular formula is C21H27N3O2. The van der Waals surface area contributed by atoms with Crippen LogP contribution in [0.15, 0.2) is 48.7 Å². The molecule has 3 unspecified atom stereocenters. The molecule has 2 fully saturated rings. The Labute approximate surface area is 155 Å². The highest BCUT2D eigenvalue weighted by Crippen LogP contribution is 2.29. The zero-order valence-corrected chi connectivity index (χ0v) is 15.1. The summed E-state index contributed by atoms with van der Waals surface area (Å²) in [5.41, 5.74) is 1.18. The van der Waals surface area contributed by atoms with Gasteiger partial charge in [-0.3, -0.25) is 0 Å². The average Bonchev–Trinajstić information content (AvgIpc) is 3.18. The van der Waals surface area contributed by atoms with Crippen LogP contribution < -0.4 is 15.4 Å². The standard InChI is InChI=1S/C21H27N3O2/c1-2-5-17(6-3-1)26-21-10-9-16(14-24-21)13-23-19-8-4-7-18(19)20-15-25-12-11-22-20/h1-3,5-6,9-10,14,18-20,22-23H,4,7-8,11-13,15H2. The first-order chi connectivity index (χ1) is 12.9. The van der Waals surface area contributed by atoms with Crippen molar-refractivity contribution in [3.8, 4) is 11.6 Å². The van der Waals surface area contributed by atoms with E-state index in [2.05, 4.69) is 21.7 Å². The molecule has 5 nitrogen and oxygen atoms in total. The van der Waals surface area contributed by atoms with Gasteiger partial charge in [0.2, 0.25) is 5.88 Å². The van der Waals surface area contributed by atoms with Crippen molar-refractivity contribution in [2.75, 3.05) is 19.8 Å². The Bertz CT molecular complexity index is 671. The molecule has 2 heterocycles. The third-order valence-electron chi connectivity index (χ3n) is 5.37. The molecule has 5 heteroatoms. The van der Waals surface area contributed by atoms with Crippen molar-refractivity contribution in [3.63, 3.8) is 0 Å². The Morgan fingerprint density at radius 3 is 2.85 bits per heavy atom. The third kappa shape index (κ3) is 4.41. The lowest BCUT2D eigenvalue weighted by Gasteiger charge is -2.33. The van der Waals surface area contributed by atoms with E-state index in [9.17, 15) is 0 Å². The Morgan fingerprint density at radius 1 is 1.15 bits per heavy atom. The van der Waals surface area contributed by atoms with Gasteiger partial charge in [-0.25, -0.2) is 4.98 Å². The molecule has 2 aliphatic rings. The number of para-hydroxylation sites is 1. The Hall–Kier alpha value is -1.95. The van der Waals surface area contributed by atoms with Gasteiger partial charge < -0.3 is 20.1 Å². The van der Waals surface area contributed by atoms with Crippen LogP contribution in [-0.4, -0.2) is 36.8 Å². The van der Waals surface area contributed by atoms with E-state index in [0.717, 1.165) is 32.1 Å². The molecule has 0 spiro atoms. The second kappa shape index (κ2) is 8.62. The summed E-state index contributed by atoms with van der Waals surface area (Å²) >= 11 is 0. The van der Waals surface area contributed by atoms with E-state index in [1.807, 2.05) is 42.6 Å². The second-order valence-electron chi connectivity index (χ2n) is 7.14. The summed E-state index contributed by atoms with van der Waals surface area (Å²) in [4.78, 5) is 4.43. The van der Waals surface area contributed by atoms with Crippen LogP contribution in [0, 0.1) is 5.92 Å². The van der Waals surface area contributed by atoms with Gasteiger partial charge in [-0.05, 0) is 36.5 Å². The molecule has 1 aromatic carbocycles. The van der Waals surface area contributed by atoms with Crippen molar-refractivity contribution in [2.24, 2.45) is 5.92 Å². The van der Waals surface area contributed by atoms with Crippen molar-refractivity contribution < 1.29 is 9.47 Å². The van der Waals surface area contributed by atoms with E-state index in [4.69, 9.17) is 9.47 Å². The number of nitrogens with one attached hydrogen (secondary N) is 2. The average molecular weight is 353 g/mol. The van der Waals surface area contributed by atoms with Gasteiger partial charge in [-0.15, -0.1) is 0 Å². The topological polar surface area (TPSA) is 55.4 Å². The van der Waals surface area contributed by atoms with Gasteiger partial charge >= 0.3 is 0 Å². The number of hydrogen-bond acceptors (Lipinski definition) is 5. The molecule has 26 heavy (non-hydrogen) atoms. The summed E-state index contributed by atoms with van der Waals surface area (Å²) in [6.07, 6.45) is 5.71. The number of aromatic nitrogens is 1. The molecular weight excluding hydrogens is 326 g/mol. The third-order valence-corrected chi connectivity index (χ3v) is 5.37. The molecule has 1 aliphatic heterocycles. The van der Waals surface area contributed by atoms with Crippen LogP contribution in [0.25, 0.3) is 0 Å². The molecule has 0 radical (unpaired) electrons. The maximum Gasteiger partial charge on any atom is 0.219 e. The lowest BCUT2D eigenvalue weighted by Crippen LogP contribution is -2.50. The van der Waals surface area contributed by atoms with E-state index < -0.39 is 0 Å². The van der Waals surface area contributed by atoms with Gasteiger partial charge in [0.15, 0.2) is 0 Å². The number of nitrogens with zero attached hydrogens (tertiary/aromatic N) is 1. The second-order valence-corrected chi connectivity index (χ2v) is 7.14. The maximum absolute atomic E-state index is 5.75. The zero-order chi connectivity index (χ0) is 17.6. The number of hydrogen-bond donors (Lipinski definition) is 2. The van der Waals surface area contributed by atoms with Crippen LogP contribution in [0.3, 0.4) is 0 Å². The van der Waals surface area contributed by atoms with E-state index in [-0.39, 0.29) is 0 Å². The van der Waals surface area contributed by atoms with E-state index >= 15 is 0 Å². The minimum Gasteiger partial charge on any atom is -0.439 e. The predicted octanol–water partition coefficient (Wildman–Crippen LogP) is 3.12. The van der Waals surface area contributed by atoms with Crippen molar-refractivity contribution in [2.45, 2.75) is 37.9 Å². The quantitative estimate of drug-likeness (QED) is 0.836. The number of benzene rings is 1. The smallest absolute Gasteiger partial charge is 0.219 e. The molecule has 1 aliphatic carbocycles. The molecule has 3 atom stereocenters. The molecule has 1 saturated heterocycles. The molecule has 1 aromatic heterocycles. The van der Waals surface area contributed by atoms with Gasteiger partial charge in [0, 0.05) is 37.4 Å². The van der Waals surface area contributed by atoms with Crippen LogP contribution in [0.1, 0.15) is 24.8 Å². The minimum absolute atomic E-state index is 0.489. The van der Waals surface area contributed by atoms with Crippen LogP contribution >= 0.6 is 0 Å². The van der Waals surface area contributed by atoms with E-state index in [1.165, 1.54) is 24.8 Å². The molecule has 138 valence electrons. The summed E-state index contributed by atoms with van der Waals surface area (Å²) in [5, 5.41) is 7.36. The predicted molar refractivity (Wildman–Crippen MR) is 101 cm³/mol. The van der Waals surface area contributed by atoms with Crippen molar-refractivity contribution in [1.82, 2.24) is 15.6 Å². The Balaban J connectivity index is 1.30. The first-order valence-electron chi connectivity index (χ1n) is 9.61. The van der Waals surface area contributed by atoms with Crippen LogP contribution in [0.4, 0.5) is 0 Å². The van der Waals surface area contributed by atoms with E-state index in [1.54, 1.807) is 0 Å². The fourth-order valence-corrected chi connectivity index (χ4v) is 4.02. The molecule has 2 N–H and O–H groups in total. The minimum atomic E-state index is 0.489. The van der Waals surface area contributed by atoms with Crippen molar-refractivity contribution in [3.05, 3.63) is 54.2 Å². The van der Waals surface area contributed by atoms with Gasteiger partial charge in [-0.1, -0.05) is 30.7 Å². The first kappa shape index (κ1) is 17.5. The monoisotopic (exact) mass is 353 g/mol. The molecule has 0 amide bonds. The summed E-state index contributed by atoms with van der Waals surface area (Å²) in [5.74, 6) is 2.09. The molecule has 4 rings (SSSR count). The van der Waals surface area contributed by atoms with Crippen LogP contribution in [0.5, 0.6) is 11.6 Å². The lowest BCUT2D eigenvalue weighted by atomic mass is 9.94. The number of ether oxygens (including phenoxy) is 2. The highest BCUT2D eigenvalue weighted by atomic mass is 16.5. The summed E-state index contributed by atoms with van der Waals surface area (Å²) in [6.45, 7) is 3.49. The van der Waals surface area contributed by atoms with E-state index in [0.29, 0.717) is 23.9 Å². The number of pyridine rings is 1. The maximum atomic E-state index is 5.75. The van der Waals surface area contributed by atoms with Gasteiger partial charge in [0.1, 0.15) is 5.75 Å². The number of rotatable bonds is 6. The lowest BCUT2D eigenvalue weighted by molar-refractivity contribution is 0.0524. The molecule has 0 bridgehead atoms. The van der Waals surface area contributed by atoms with Crippen molar-refractivity contribution in [1.29, 1.82) is 0 Å². The van der Waals surface area contributed by atoms with Crippen LogP contribution in [-0.2, 0) is 11.3 Å². The largest absolute Gasteiger partial charge is 0.439 e. The molecule has 1 saturated carbocycles. The molecule has 2 aromatic rings. The first-order valence-corrected chi connectivity index (χ1v) is 9.61. The van der Waals surface area contributed by atoms with Crippen LogP contribution in [0.2, 0.25) is 0 Å². The van der Waals surface area contributed by atoms with Gasteiger partial charge in [-0.2, -0.15) is 0 Å². The SMILES string of the molecule is c1ccc(Oc2ccc(CNC3CCCC3C3COCCN3)cn2)cc1. The Morgan fingerprint density at radius 2 is 2.08 bits per heavy atom. The summed E-state index contributed by atoms with van der Waals surface area (Å²) in [7, 11) is 0. The number of morpholine rings is 1. The highest BCUT2D eigenvalue weighted by Gasteiger charge is 2.34. The highest BCUT2D eigenvalue weighted by molar-refractivity contribution is 5.27. The zero-order valence-electron chi connectivity index (χ0n) is 15.1. The summed E-state index contributed by atoms with van der Waals surface area (Å²) in [6, 6.07) is 14.8. The Kier molecular flexibility index (Phi) is 5.79. The summed E-state index contributed by atoms with van der Waals surface area (Å²) < 4.78 is 11.4. The fraction of sp³-hybridized carbons (Fsp3) is 0.476. The van der Waals surface area contributed by atoms with Crippen molar-refractivity contribution >= 4 is 0 Å². The normalized spacial score (nSPS) is 25.9. The van der Waals surface area contributed by atoms with Gasteiger partial charge in [0.25, 0.3) is 0 Å².